The van der Waals surface area contributed by atoms with Crippen LogP contribution in [0.2, 0.25) is 0 Å². The number of fused-ring (bicyclic) bond motifs is 5. The van der Waals surface area contributed by atoms with Crippen molar-refractivity contribution in [2.45, 2.75) is 71.8 Å². The minimum Gasteiger partial charge on any atom is -0.462 e. The van der Waals surface area contributed by atoms with Gasteiger partial charge in [-0.25, -0.2) is 0 Å². The fraction of sp³-hybridized carbons (Fsp3) is 0.571. The van der Waals surface area contributed by atoms with E-state index < -0.39 is 0 Å². The highest BCUT2D eigenvalue weighted by atomic mass is 16.5. The van der Waals surface area contributed by atoms with E-state index in [0.29, 0.717) is 23.5 Å². The molecule has 31 heavy (non-hydrogen) atoms. The fourth-order valence-corrected chi connectivity index (χ4v) is 7.51. The zero-order valence-electron chi connectivity index (χ0n) is 19.0. The number of carbonyl (C=O) groups is 2. The summed E-state index contributed by atoms with van der Waals surface area (Å²) in [6.45, 7) is 6.19. The number of esters is 1. The van der Waals surface area contributed by atoms with Crippen molar-refractivity contribution in [3.05, 3.63) is 53.1 Å². The lowest BCUT2D eigenvalue weighted by atomic mass is 9.48. The monoisotopic (exact) mass is 418 g/mol. The number of benzene rings is 1. The van der Waals surface area contributed by atoms with Crippen LogP contribution in [0.3, 0.4) is 0 Å². The molecule has 3 nitrogen and oxygen atoms in total. The van der Waals surface area contributed by atoms with E-state index >= 15 is 0 Å². The van der Waals surface area contributed by atoms with Crippen molar-refractivity contribution in [1.29, 1.82) is 0 Å². The van der Waals surface area contributed by atoms with Gasteiger partial charge in [-0.3, -0.25) is 9.59 Å². The molecular weight excluding hydrogens is 384 g/mol. The Kier molecular flexibility index (Phi) is 4.99. The van der Waals surface area contributed by atoms with Crippen LogP contribution in [0.5, 0.6) is 0 Å². The highest BCUT2D eigenvalue weighted by Crippen LogP contribution is 2.64. The Labute approximate surface area is 185 Å². The van der Waals surface area contributed by atoms with E-state index in [-0.39, 0.29) is 22.9 Å². The first-order chi connectivity index (χ1) is 14.8. The molecule has 164 valence electrons. The molecule has 3 fully saturated rings. The number of ketones is 1. The number of Topliss-reactive ketones (excluding diaryl/α,β-unsaturated/α-hetero) is 1. The second-order valence-electron chi connectivity index (χ2n) is 10.8. The van der Waals surface area contributed by atoms with Gasteiger partial charge in [0.05, 0.1) is 0 Å². The van der Waals surface area contributed by atoms with Crippen LogP contribution in [-0.4, -0.2) is 17.9 Å². The normalized spacial score (nSPS) is 40.5. The van der Waals surface area contributed by atoms with Gasteiger partial charge in [0.1, 0.15) is 6.10 Å². The molecule has 0 unspecified atom stereocenters. The third-order valence-corrected chi connectivity index (χ3v) is 9.17. The van der Waals surface area contributed by atoms with Gasteiger partial charge >= 0.3 is 5.97 Å². The van der Waals surface area contributed by atoms with Gasteiger partial charge in [0.25, 0.3) is 0 Å². The molecule has 1 aromatic carbocycles. The zero-order chi connectivity index (χ0) is 21.8. The van der Waals surface area contributed by atoms with E-state index in [9.17, 15) is 9.59 Å². The maximum absolute atomic E-state index is 13.5. The molecule has 4 aliphatic carbocycles. The molecular formula is C28H34O3. The lowest BCUT2D eigenvalue weighted by molar-refractivity contribution is -0.148. The van der Waals surface area contributed by atoms with Gasteiger partial charge in [-0.1, -0.05) is 55.8 Å². The summed E-state index contributed by atoms with van der Waals surface area (Å²) in [6.07, 6.45) is 11.7. The molecule has 6 atom stereocenters. The molecule has 0 aliphatic heterocycles. The van der Waals surface area contributed by atoms with Gasteiger partial charge in [0.2, 0.25) is 0 Å². The van der Waals surface area contributed by atoms with Gasteiger partial charge in [0.15, 0.2) is 5.78 Å². The highest BCUT2D eigenvalue weighted by molar-refractivity contribution is 6.05. The summed E-state index contributed by atoms with van der Waals surface area (Å²) < 4.78 is 5.56. The molecule has 5 rings (SSSR count). The third kappa shape index (κ3) is 3.32. The number of ether oxygens (including phenoxy) is 1. The van der Waals surface area contributed by atoms with Crippen LogP contribution in [0, 0.1) is 28.6 Å². The average molecular weight is 419 g/mol. The predicted molar refractivity (Wildman–Crippen MR) is 122 cm³/mol. The van der Waals surface area contributed by atoms with Crippen LogP contribution in [0.1, 0.15) is 71.3 Å². The highest BCUT2D eigenvalue weighted by Gasteiger charge is 2.59. The largest absolute Gasteiger partial charge is 0.462 e. The first-order valence-corrected chi connectivity index (χ1v) is 12.0. The van der Waals surface area contributed by atoms with Crippen molar-refractivity contribution in [2.75, 3.05) is 0 Å². The van der Waals surface area contributed by atoms with E-state index in [4.69, 9.17) is 4.74 Å². The summed E-state index contributed by atoms with van der Waals surface area (Å²) in [5.41, 5.74) is 3.64. The second-order valence-corrected chi connectivity index (χ2v) is 10.8. The second kappa shape index (κ2) is 7.46. The molecule has 0 amide bonds. The minimum absolute atomic E-state index is 0.0377. The van der Waals surface area contributed by atoms with E-state index in [0.717, 1.165) is 56.1 Å². The maximum Gasteiger partial charge on any atom is 0.302 e. The lowest BCUT2D eigenvalue weighted by Crippen LogP contribution is -2.50. The molecule has 4 aliphatic rings. The Morgan fingerprint density at radius 3 is 2.52 bits per heavy atom. The molecule has 0 bridgehead atoms. The fourth-order valence-electron chi connectivity index (χ4n) is 7.51. The molecule has 1 aromatic rings. The Morgan fingerprint density at radius 1 is 1.03 bits per heavy atom. The lowest BCUT2D eigenvalue weighted by Gasteiger charge is -2.56. The third-order valence-electron chi connectivity index (χ3n) is 9.17. The van der Waals surface area contributed by atoms with Crippen molar-refractivity contribution >= 4 is 17.8 Å². The summed E-state index contributed by atoms with van der Waals surface area (Å²) in [5.74, 6) is 1.86. The molecule has 0 N–H and O–H groups in total. The molecule has 3 saturated carbocycles. The number of hydrogen-bond donors (Lipinski definition) is 0. The summed E-state index contributed by atoms with van der Waals surface area (Å²) in [6, 6.07) is 10.3. The van der Waals surface area contributed by atoms with E-state index in [1.54, 1.807) is 0 Å². The molecule has 0 heterocycles. The summed E-state index contributed by atoms with van der Waals surface area (Å²) >= 11 is 0. The van der Waals surface area contributed by atoms with Crippen molar-refractivity contribution < 1.29 is 14.3 Å². The van der Waals surface area contributed by atoms with Crippen molar-refractivity contribution in [2.24, 2.45) is 28.6 Å². The first kappa shape index (κ1) is 20.7. The van der Waals surface area contributed by atoms with E-state index in [1.165, 1.54) is 12.5 Å². The Balaban J connectivity index is 1.42. The van der Waals surface area contributed by atoms with Gasteiger partial charge < -0.3 is 4.74 Å². The van der Waals surface area contributed by atoms with Crippen molar-refractivity contribution in [3.63, 3.8) is 0 Å². The van der Waals surface area contributed by atoms with Crippen LogP contribution < -0.4 is 0 Å². The number of rotatable bonds is 2. The Morgan fingerprint density at radius 2 is 1.77 bits per heavy atom. The van der Waals surface area contributed by atoms with Gasteiger partial charge in [-0.2, -0.15) is 0 Å². The molecule has 0 aromatic heterocycles. The Bertz CT molecular complexity index is 958. The van der Waals surface area contributed by atoms with Crippen LogP contribution in [0.4, 0.5) is 0 Å². The Hall–Kier alpha value is -2.16. The number of hydrogen-bond acceptors (Lipinski definition) is 3. The van der Waals surface area contributed by atoms with Crippen LogP contribution in [0.25, 0.3) is 6.08 Å². The van der Waals surface area contributed by atoms with Gasteiger partial charge in [0, 0.05) is 18.8 Å². The molecule has 3 heteroatoms. The van der Waals surface area contributed by atoms with Crippen molar-refractivity contribution in [1.82, 2.24) is 0 Å². The predicted octanol–water partition coefficient (Wildman–Crippen LogP) is 6.14. The quantitative estimate of drug-likeness (QED) is 0.329. The summed E-state index contributed by atoms with van der Waals surface area (Å²) in [5, 5.41) is 0. The first-order valence-electron chi connectivity index (χ1n) is 12.0. The molecule has 0 spiro atoms. The van der Waals surface area contributed by atoms with Crippen molar-refractivity contribution in [3.8, 4) is 0 Å². The van der Waals surface area contributed by atoms with Gasteiger partial charge in [-0.05, 0) is 78.9 Å². The van der Waals surface area contributed by atoms with Gasteiger partial charge in [-0.15, -0.1) is 0 Å². The summed E-state index contributed by atoms with van der Waals surface area (Å²) in [7, 11) is 0. The smallest absolute Gasteiger partial charge is 0.302 e. The average Bonchev–Trinajstić information content (AvgIpc) is 2.99. The number of carbonyl (C=O) groups excluding carboxylic acids is 2. The molecule has 0 radical (unpaired) electrons. The maximum atomic E-state index is 13.5. The van der Waals surface area contributed by atoms with Crippen LogP contribution >= 0.6 is 0 Å². The summed E-state index contributed by atoms with van der Waals surface area (Å²) in [4.78, 5) is 25.0. The number of allylic oxidation sites excluding steroid dienone is 2. The zero-order valence-corrected chi connectivity index (χ0v) is 19.0. The van der Waals surface area contributed by atoms with E-state index in [1.807, 2.05) is 18.2 Å². The minimum atomic E-state index is -0.210. The van der Waals surface area contributed by atoms with E-state index in [2.05, 4.69) is 38.1 Å². The van der Waals surface area contributed by atoms with Crippen LogP contribution in [0.15, 0.2) is 47.6 Å². The molecule has 0 saturated heterocycles. The standard InChI is InChI=1S/C28H34O3/c1-18(29)31-22-11-13-27(2)21(17-22)9-10-23-24(27)12-14-28(3)25(23)16-20(26(28)30)15-19-7-5-4-6-8-19/h4-9,15,22-25H,10-14,16-17H2,1-3H3/t22-,23-,24-,25+,27-,28-/m1/s1. The SMILES string of the molecule is CC(=O)O[C@@H]1CC[C@]2(C)C(=CC[C@@H]3[C@H]2CC[C@@]2(C)C(=O)C(=Cc4ccccc4)C[C@@H]32)C1. The van der Waals surface area contributed by atoms with Crippen LogP contribution in [-0.2, 0) is 14.3 Å². The topological polar surface area (TPSA) is 43.4 Å².